The number of benzene rings is 2. The number of carbonyl (C=O) groups excluding carboxylic acids is 1. The summed E-state index contributed by atoms with van der Waals surface area (Å²) in [6, 6.07) is 16.1. The lowest BCUT2D eigenvalue weighted by molar-refractivity contribution is -0.120. The minimum absolute atomic E-state index is 0.146. The van der Waals surface area contributed by atoms with Gasteiger partial charge in [-0.1, -0.05) is 48.5 Å². The highest BCUT2D eigenvalue weighted by molar-refractivity contribution is 7.51. The Bertz CT molecular complexity index is 851. The molecule has 0 atom stereocenters. The molecule has 2 aromatic rings. The molecule has 6 nitrogen and oxygen atoms in total. The van der Waals surface area contributed by atoms with Crippen LogP contribution >= 0.6 is 7.60 Å². The molecule has 28 heavy (non-hydrogen) atoms. The van der Waals surface area contributed by atoms with Crippen LogP contribution in [0.2, 0.25) is 0 Å². The molecule has 0 aliphatic rings. The van der Waals surface area contributed by atoms with Crippen LogP contribution in [-0.4, -0.2) is 28.4 Å². The second-order valence-electron chi connectivity index (χ2n) is 6.72. The molecule has 1 amide bonds. The van der Waals surface area contributed by atoms with Crippen molar-refractivity contribution >= 4 is 19.2 Å². The highest BCUT2D eigenvalue weighted by Crippen LogP contribution is 2.34. The van der Waals surface area contributed by atoms with Gasteiger partial charge in [0.25, 0.3) is 0 Å². The molecule has 2 aromatic carbocycles. The van der Waals surface area contributed by atoms with Gasteiger partial charge in [0.05, 0.1) is 12.7 Å². The van der Waals surface area contributed by atoms with Gasteiger partial charge < -0.3 is 15.1 Å². The average molecular weight is 400 g/mol. The Morgan fingerprint density at radius 3 is 2.11 bits per heavy atom. The molecule has 0 spiro atoms. The van der Waals surface area contributed by atoms with Crippen molar-refractivity contribution in [2.45, 2.75) is 32.1 Å². The maximum atomic E-state index is 11.5. The Labute approximate surface area is 165 Å². The van der Waals surface area contributed by atoms with Gasteiger partial charge in [-0.25, -0.2) is 4.85 Å². The van der Waals surface area contributed by atoms with Crippen molar-refractivity contribution in [3.8, 4) is 0 Å². The summed E-state index contributed by atoms with van der Waals surface area (Å²) < 4.78 is 10.7. The fraction of sp³-hybridized carbons (Fsp3) is 0.333. The third-order valence-corrected chi connectivity index (χ3v) is 5.15. The minimum atomic E-state index is -4.11. The summed E-state index contributed by atoms with van der Waals surface area (Å²) in [5.74, 6) is -0.322. The normalized spacial score (nSPS) is 11.0. The highest BCUT2D eigenvalue weighted by Gasteiger charge is 2.14. The van der Waals surface area contributed by atoms with Crippen LogP contribution in [0.15, 0.2) is 48.5 Å². The van der Waals surface area contributed by atoms with Crippen LogP contribution < -0.4 is 5.32 Å². The van der Waals surface area contributed by atoms with Gasteiger partial charge in [-0.05, 0) is 42.4 Å². The lowest BCUT2D eigenvalue weighted by Crippen LogP contribution is -2.25. The molecule has 7 heteroatoms. The van der Waals surface area contributed by atoms with E-state index in [0.29, 0.717) is 12.2 Å². The number of hydrogen-bond acceptors (Lipinski definition) is 2. The van der Waals surface area contributed by atoms with E-state index in [4.69, 9.17) is 16.4 Å². The minimum Gasteiger partial charge on any atom is -0.356 e. The van der Waals surface area contributed by atoms with E-state index in [2.05, 4.69) is 34.4 Å². The fourth-order valence-corrected chi connectivity index (χ4v) is 3.26. The van der Waals surface area contributed by atoms with Crippen LogP contribution in [0.4, 0.5) is 5.69 Å². The number of rotatable bonds is 10. The summed E-state index contributed by atoms with van der Waals surface area (Å²) in [6.07, 6.45) is 2.94. The lowest BCUT2D eigenvalue weighted by Gasteiger charge is -2.07. The first-order valence-electron chi connectivity index (χ1n) is 9.21. The molecular formula is C21H25N2O4P. The van der Waals surface area contributed by atoms with Crippen LogP contribution in [-0.2, 0) is 22.2 Å². The summed E-state index contributed by atoms with van der Waals surface area (Å²) in [7, 11) is -4.11. The zero-order valence-corrected chi connectivity index (χ0v) is 16.6. The fourth-order valence-electron chi connectivity index (χ4n) is 2.77. The molecule has 0 heterocycles. The summed E-state index contributed by atoms with van der Waals surface area (Å²) in [5.41, 5.74) is 4.28. The topological polar surface area (TPSA) is 91.0 Å². The van der Waals surface area contributed by atoms with E-state index in [-0.39, 0.29) is 12.3 Å². The van der Waals surface area contributed by atoms with Crippen molar-refractivity contribution in [1.82, 2.24) is 5.32 Å². The number of amides is 1. The third kappa shape index (κ3) is 8.49. The maximum absolute atomic E-state index is 11.5. The number of nitrogens with zero attached hydrogens (tertiary/aromatic N) is 1. The van der Waals surface area contributed by atoms with Crippen molar-refractivity contribution in [2.75, 3.05) is 12.7 Å². The predicted octanol–water partition coefficient (Wildman–Crippen LogP) is 3.83. The van der Waals surface area contributed by atoms with Crippen LogP contribution in [0.1, 0.15) is 36.0 Å². The van der Waals surface area contributed by atoms with E-state index in [9.17, 15) is 9.36 Å². The Morgan fingerprint density at radius 1 is 0.964 bits per heavy atom. The molecule has 0 bridgehead atoms. The third-order valence-electron chi connectivity index (χ3n) is 4.34. The van der Waals surface area contributed by atoms with Gasteiger partial charge in [0.15, 0.2) is 5.69 Å². The first-order valence-corrected chi connectivity index (χ1v) is 11.0. The Kier molecular flexibility index (Phi) is 8.41. The van der Waals surface area contributed by atoms with Gasteiger partial charge in [-0.15, -0.1) is 0 Å². The predicted molar refractivity (Wildman–Crippen MR) is 109 cm³/mol. The lowest BCUT2D eigenvalue weighted by atomic mass is 10.0. The maximum Gasteiger partial charge on any atom is 0.326 e. The number of carbonyl (C=O) groups is 1. The summed E-state index contributed by atoms with van der Waals surface area (Å²) in [4.78, 5) is 32.4. The zero-order valence-electron chi connectivity index (χ0n) is 15.7. The van der Waals surface area contributed by atoms with Crippen LogP contribution in [0.25, 0.3) is 4.85 Å². The first kappa shape index (κ1) is 21.8. The highest BCUT2D eigenvalue weighted by atomic mass is 31.2. The van der Waals surface area contributed by atoms with Gasteiger partial charge in [0, 0.05) is 13.0 Å². The average Bonchev–Trinajstić information content (AvgIpc) is 2.67. The van der Waals surface area contributed by atoms with E-state index in [1.54, 1.807) is 0 Å². The number of aryl methyl sites for hydroxylation is 1. The Morgan fingerprint density at radius 2 is 1.54 bits per heavy atom. The van der Waals surface area contributed by atoms with Gasteiger partial charge in [0.1, 0.15) is 0 Å². The molecule has 2 rings (SSSR count). The Balaban J connectivity index is 1.66. The molecule has 0 aromatic heterocycles. The SMILES string of the molecule is [C-]#[N+]c1ccc(Cc2ccc(CCCCNC(=O)CCP(=O)(O)O)cc2)cc1. The zero-order chi connectivity index (χ0) is 20.4. The monoisotopic (exact) mass is 400 g/mol. The second kappa shape index (κ2) is 10.8. The van der Waals surface area contributed by atoms with Crippen molar-refractivity contribution in [3.63, 3.8) is 0 Å². The van der Waals surface area contributed by atoms with Crippen molar-refractivity contribution in [1.29, 1.82) is 0 Å². The van der Waals surface area contributed by atoms with Crippen LogP contribution in [0, 0.1) is 6.57 Å². The smallest absolute Gasteiger partial charge is 0.326 e. The largest absolute Gasteiger partial charge is 0.356 e. The first-order chi connectivity index (χ1) is 13.4. The van der Waals surface area contributed by atoms with Gasteiger partial charge in [-0.2, -0.15) is 0 Å². The molecule has 0 saturated heterocycles. The standard InChI is InChI=1S/C21H25N2O4P/c1-22-20-11-9-19(10-12-20)16-18-7-5-17(6-8-18)4-2-3-14-23-21(24)13-15-28(25,26)27/h5-12H,2-4,13-16H2,(H,23,24)(H2,25,26,27). The van der Waals surface area contributed by atoms with Crippen LogP contribution in [0.5, 0.6) is 0 Å². The van der Waals surface area contributed by atoms with E-state index in [0.717, 1.165) is 25.7 Å². The molecule has 0 unspecified atom stereocenters. The molecule has 0 fully saturated rings. The molecule has 0 radical (unpaired) electrons. The number of nitrogens with one attached hydrogen (secondary N) is 1. The number of unbranched alkanes of at least 4 members (excludes halogenated alkanes) is 1. The molecule has 148 valence electrons. The van der Waals surface area contributed by atoms with Crippen molar-refractivity contribution in [2.24, 2.45) is 0 Å². The van der Waals surface area contributed by atoms with Crippen molar-refractivity contribution in [3.05, 3.63) is 76.6 Å². The van der Waals surface area contributed by atoms with Gasteiger partial charge in [-0.3, -0.25) is 9.36 Å². The summed E-state index contributed by atoms with van der Waals surface area (Å²) in [5, 5.41) is 2.69. The van der Waals surface area contributed by atoms with Gasteiger partial charge in [0.2, 0.25) is 5.91 Å². The van der Waals surface area contributed by atoms with Crippen LogP contribution in [0.3, 0.4) is 0 Å². The molecular weight excluding hydrogens is 375 g/mol. The van der Waals surface area contributed by atoms with E-state index < -0.39 is 13.8 Å². The quantitative estimate of drug-likeness (QED) is 0.321. The molecule has 0 aliphatic carbocycles. The van der Waals surface area contributed by atoms with Gasteiger partial charge >= 0.3 is 7.60 Å². The number of hydrogen-bond donors (Lipinski definition) is 3. The van der Waals surface area contributed by atoms with Crippen molar-refractivity contribution < 1.29 is 19.1 Å². The van der Waals surface area contributed by atoms with E-state index in [1.807, 2.05) is 24.3 Å². The van der Waals surface area contributed by atoms with E-state index in [1.165, 1.54) is 16.7 Å². The molecule has 0 aliphatic heterocycles. The Hall–Kier alpha value is -2.45. The van der Waals surface area contributed by atoms with E-state index >= 15 is 0 Å². The molecule has 3 N–H and O–H groups in total. The summed E-state index contributed by atoms with van der Waals surface area (Å²) in [6.45, 7) is 7.49. The molecule has 0 saturated carbocycles. The summed E-state index contributed by atoms with van der Waals surface area (Å²) >= 11 is 0. The second-order valence-corrected chi connectivity index (χ2v) is 8.49.